The molecule has 0 aliphatic rings. The molecule has 0 aliphatic heterocycles. The number of unbranched alkanes of at least 4 members (excludes halogenated alkanes) is 11. The lowest BCUT2D eigenvalue weighted by atomic mass is 10.1. The van der Waals surface area contributed by atoms with Crippen LogP contribution in [0, 0.1) is 0 Å². The summed E-state index contributed by atoms with van der Waals surface area (Å²) in [5.41, 5.74) is 0. The Kier molecular flexibility index (Phi) is 18.2. The van der Waals surface area contributed by atoms with E-state index >= 15 is 0 Å². The van der Waals surface area contributed by atoms with Gasteiger partial charge in [0.15, 0.2) is 6.23 Å². The van der Waals surface area contributed by atoms with Crippen molar-refractivity contribution in [2.45, 2.75) is 104 Å². The minimum atomic E-state index is -0.197. The normalized spacial score (nSPS) is 13.0. The number of hydrogen-bond donors (Lipinski definition) is 1. The van der Waals surface area contributed by atoms with E-state index in [2.05, 4.69) is 27.9 Å². The van der Waals surface area contributed by atoms with Gasteiger partial charge in [0.2, 0.25) is 0 Å². The van der Waals surface area contributed by atoms with E-state index in [1.165, 1.54) is 77.0 Å². The molecule has 0 aromatic rings. The van der Waals surface area contributed by atoms with Gasteiger partial charge in [-0.05, 0) is 12.8 Å². The maximum absolute atomic E-state index is 9.94. The third-order valence-electron chi connectivity index (χ3n) is 4.76. The van der Waals surface area contributed by atoms with E-state index in [0.717, 1.165) is 17.4 Å². The predicted molar refractivity (Wildman–Crippen MR) is 94.4 cm³/mol. The van der Waals surface area contributed by atoms with Crippen LogP contribution >= 0.6 is 0 Å². The van der Waals surface area contributed by atoms with Gasteiger partial charge in [-0.3, -0.25) is 0 Å². The van der Waals surface area contributed by atoms with Crippen molar-refractivity contribution in [2.75, 3.05) is 20.6 Å². The van der Waals surface area contributed by atoms with Gasteiger partial charge in [-0.1, -0.05) is 78.1 Å². The van der Waals surface area contributed by atoms with Crippen LogP contribution in [0.2, 0.25) is 0 Å². The van der Waals surface area contributed by atoms with Gasteiger partial charge in [0.1, 0.15) is 0 Å². The van der Waals surface area contributed by atoms with Gasteiger partial charge in [0.25, 0.3) is 0 Å². The second kappa shape index (κ2) is 16.3. The van der Waals surface area contributed by atoms with E-state index in [0.29, 0.717) is 0 Å². The lowest BCUT2D eigenvalue weighted by Gasteiger charge is -2.34. The molecule has 136 valence electrons. The van der Waals surface area contributed by atoms with Crippen molar-refractivity contribution in [3.8, 4) is 0 Å². The summed E-state index contributed by atoms with van der Waals surface area (Å²) in [7, 11) is 4.29. The van der Waals surface area contributed by atoms with Crippen LogP contribution in [0.3, 0.4) is 0 Å². The molecule has 0 spiro atoms. The summed E-state index contributed by atoms with van der Waals surface area (Å²) in [6.07, 6.45) is 17.4. The number of rotatable bonds is 15. The van der Waals surface area contributed by atoms with Gasteiger partial charge in [-0.25, -0.2) is 0 Å². The van der Waals surface area contributed by atoms with Crippen LogP contribution in [0.25, 0.3) is 0 Å². The van der Waals surface area contributed by atoms with Crippen molar-refractivity contribution in [1.29, 1.82) is 0 Å². The smallest absolute Gasteiger partial charge is 0.189 e. The number of nitrogens with zero attached hydrogens (tertiary/aromatic N) is 1. The minimum absolute atomic E-state index is 0. The van der Waals surface area contributed by atoms with Crippen LogP contribution in [0.5, 0.6) is 0 Å². The molecule has 2 nitrogen and oxygen atoms in total. The van der Waals surface area contributed by atoms with Crippen molar-refractivity contribution in [2.24, 2.45) is 0 Å². The monoisotopic (exact) mass is 379 g/mol. The fourth-order valence-electron chi connectivity index (χ4n) is 3.00. The fourth-order valence-corrected chi connectivity index (χ4v) is 3.00. The summed E-state index contributed by atoms with van der Waals surface area (Å²) in [6.45, 7) is 5.45. The molecule has 0 aliphatic carbocycles. The van der Waals surface area contributed by atoms with E-state index in [-0.39, 0.29) is 23.2 Å². The van der Waals surface area contributed by atoms with Crippen LogP contribution in [0.1, 0.15) is 97.3 Å². The molecule has 0 saturated carbocycles. The Morgan fingerprint density at radius 1 is 0.682 bits per heavy atom. The van der Waals surface area contributed by atoms with Gasteiger partial charge in [0.05, 0.1) is 20.6 Å². The van der Waals surface area contributed by atoms with Crippen molar-refractivity contribution in [1.82, 2.24) is 0 Å². The number of quaternary nitrogens is 1. The maximum Gasteiger partial charge on any atom is 0.189 e. The van der Waals surface area contributed by atoms with E-state index in [4.69, 9.17) is 0 Å². The second-order valence-corrected chi connectivity index (χ2v) is 7.28. The summed E-state index contributed by atoms with van der Waals surface area (Å²) >= 11 is 0. The molecule has 0 aromatic carbocycles. The summed E-state index contributed by atoms with van der Waals surface area (Å²) < 4.78 is 0.758. The number of aliphatic hydroxyl groups excluding tert-OH is 1. The second-order valence-electron chi connectivity index (χ2n) is 7.28. The first-order chi connectivity index (χ1) is 10.0. The Hall–Kier alpha value is 0.400. The van der Waals surface area contributed by atoms with Crippen LogP contribution in [0.15, 0.2) is 0 Å². The van der Waals surface area contributed by atoms with Gasteiger partial charge in [-0.2, -0.15) is 0 Å². The summed E-state index contributed by atoms with van der Waals surface area (Å²) in [6, 6.07) is 0. The molecule has 0 aromatic heterocycles. The lowest BCUT2D eigenvalue weighted by molar-refractivity contribution is -0.937. The van der Waals surface area contributed by atoms with Crippen molar-refractivity contribution in [3.05, 3.63) is 0 Å². The highest BCUT2D eigenvalue weighted by molar-refractivity contribution is 4.49. The zero-order valence-electron chi connectivity index (χ0n) is 15.7. The largest absolute Gasteiger partial charge is 1.00 e. The standard InChI is InChI=1S/C19H42NO.BrH/c1-5-7-8-9-10-11-12-13-14-15-16-17-18-20(3,4)19(21)6-2;/h19,21H,5-18H2,1-4H3;1H/q+1;/p-1. The molecule has 0 saturated heterocycles. The summed E-state index contributed by atoms with van der Waals surface area (Å²) in [4.78, 5) is 0. The number of halogens is 1. The van der Waals surface area contributed by atoms with Gasteiger partial charge >= 0.3 is 0 Å². The molecule has 0 heterocycles. The van der Waals surface area contributed by atoms with E-state index in [9.17, 15) is 5.11 Å². The van der Waals surface area contributed by atoms with Crippen LogP contribution in [0.4, 0.5) is 0 Å². The highest BCUT2D eigenvalue weighted by Crippen LogP contribution is 2.14. The molecule has 0 rings (SSSR count). The predicted octanol–water partition coefficient (Wildman–Crippen LogP) is 2.50. The summed E-state index contributed by atoms with van der Waals surface area (Å²) in [5.74, 6) is 0. The molecule has 0 bridgehead atoms. The average molecular weight is 380 g/mol. The highest BCUT2D eigenvalue weighted by Gasteiger charge is 2.23. The Labute approximate surface area is 151 Å². The molecule has 0 radical (unpaired) electrons. The first kappa shape index (κ1) is 24.6. The molecular weight excluding hydrogens is 338 g/mol. The third-order valence-corrected chi connectivity index (χ3v) is 4.76. The topological polar surface area (TPSA) is 20.2 Å². The van der Waals surface area contributed by atoms with Crippen LogP contribution in [-0.2, 0) is 0 Å². The lowest BCUT2D eigenvalue weighted by Crippen LogP contribution is -3.00. The van der Waals surface area contributed by atoms with Crippen molar-refractivity contribution in [3.63, 3.8) is 0 Å². The molecule has 3 heteroatoms. The highest BCUT2D eigenvalue weighted by atomic mass is 79.9. The summed E-state index contributed by atoms with van der Waals surface area (Å²) in [5, 5.41) is 9.94. The zero-order valence-corrected chi connectivity index (χ0v) is 17.3. The molecule has 1 atom stereocenters. The molecule has 0 amide bonds. The number of hydrogen-bond acceptors (Lipinski definition) is 1. The van der Waals surface area contributed by atoms with Crippen molar-refractivity contribution < 1.29 is 26.6 Å². The fraction of sp³-hybridized carbons (Fsp3) is 1.00. The first-order valence-electron chi connectivity index (χ1n) is 9.55. The van der Waals surface area contributed by atoms with Gasteiger partial charge < -0.3 is 26.6 Å². The molecule has 1 N–H and O–H groups in total. The molecular formula is C19H42BrNO. The Morgan fingerprint density at radius 2 is 1.05 bits per heavy atom. The van der Waals surface area contributed by atoms with Gasteiger partial charge in [0, 0.05) is 6.42 Å². The third kappa shape index (κ3) is 14.0. The molecule has 1 unspecified atom stereocenters. The van der Waals surface area contributed by atoms with Gasteiger partial charge in [-0.15, -0.1) is 0 Å². The SMILES string of the molecule is CCCCCCCCCCCCCC[N+](C)(C)C(O)CC.[Br-]. The number of aliphatic hydroxyl groups is 1. The average Bonchev–Trinajstić information content (AvgIpc) is 2.47. The zero-order chi connectivity index (χ0) is 16.0. The minimum Gasteiger partial charge on any atom is -1.00 e. The Balaban J connectivity index is 0. The van der Waals surface area contributed by atoms with E-state index in [1.807, 2.05) is 0 Å². The van der Waals surface area contributed by atoms with Crippen LogP contribution < -0.4 is 17.0 Å². The van der Waals surface area contributed by atoms with E-state index < -0.39 is 0 Å². The Morgan fingerprint density at radius 3 is 1.41 bits per heavy atom. The first-order valence-corrected chi connectivity index (χ1v) is 9.55. The molecule has 0 fully saturated rings. The maximum atomic E-state index is 9.94. The van der Waals surface area contributed by atoms with Crippen molar-refractivity contribution >= 4 is 0 Å². The van der Waals surface area contributed by atoms with Crippen LogP contribution in [-0.4, -0.2) is 36.5 Å². The quantitative estimate of drug-likeness (QED) is 0.263. The molecule has 22 heavy (non-hydrogen) atoms. The van der Waals surface area contributed by atoms with E-state index in [1.54, 1.807) is 0 Å². The Bertz CT molecular complexity index is 221.